The van der Waals surface area contributed by atoms with Crippen LogP contribution >= 0.6 is 0 Å². The fourth-order valence-electron chi connectivity index (χ4n) is 0.581. The molecule has 1 aliphatic heterocycles. The van der Waals surface area contributed by atoms with Gasteiger partial charge in [-0.2, -0.15) is 0 Å². The number of aliphatic hydroxyl groups is 1. The van der Waals surface area contributed by atoms with E-state index >= 15 is 0 Å². The van der Waals surface area contributed by atoms with Gasteiger partial charge in [0.05, 0.1) is 0 Å². The van der Waals surface area contributed by atoms with E-state index in [2.05, 4.69) is 0 Å². The molecule has 1 rings (SSSR count). The Hall–Kier alpha value is -1.36. The van der Waals surface area contributed by atoms with Crippen LogP contribution in [0.15, 0.2) is 11.8 Å². The zero-order valence-corrected chi connectivity index (χ0v) is 5.00. The summed E-state index contributed by atoms with van der Waals surface area (Å²) in [6, 6.07) is -0.919. The lowest BCUT2D eigenvalue weighted by atomic mass is 10.2. The van der Waals surface area contributed by atoms with Crippen molar-refractivity contribution in [1.29, 1.82) is 0 Å². The van der Waals surface area contributed by atoms with Crippen molar-refractivity contribution in [3.63, 3.8) is 0 Å². The van der Waals surface area contributed by atoms with E-state index in [1.54, 1.807) is 0 Å². The Balaban J connectivity index is 2.89. The van der Waals surface area contributed by atoms with Crippen molar-refractivity contribution in [1.82, 2.24) is 5.32 Å². The number of amides is 2. The van der Waals surface area contributed by atoms with Gasteiger partial charge in [-0.05, 0) is 6.08 Å². The summed E-state index contributed by atoms with van der Waals surface area (Å²) >= 11 is 0. The van der Waals surface area contributed by atoms with Crippen LogP contribution in [-0.4, -0.2) is 23.0 Å². The predicted octanol–water partition coefficient (Wildman–Crippen LogP) is -1.59. The molecule has 0 saturated heterocycles. The number of aliphatic hydroxyl groups excluding tert-OH is 1. The van der Waals surface area contributed by atoms with Gasteiger partial charge in [0.2, 0.25) is 5.91 Å². The van der Waals surface area contributed by atoms with Crippen LogP contribution in [-0.2, 0) is 9.59 Å². The van der Waals surface area contributed by atoms with Crippen molar-refractivity contribution in [3.8, 4) is 0 Å². The maximum Gasteiger partial charge on any atom is 0.292 e. The zero-order chi connectivity index (χ0) is 7.72. The second-order valence-electron chi connectivity index (χ2n) is 1.90. The van der Waals surface area contributed by atoms with Crippen molar-refractivity contribution >= 4 is 11.8 Å². The standard InChI is InChI=1S/C5H6N2O3/c6-2-1-3(8)5(10)7-4(2)9/h1-2,8H,6H2,(H,7,9,10). The third kappa shape index (κ3) is 0.985. The fourth-order valence-corrected chi connectivity index (χ4v) is 0.581. The van der Waals surface area contributed by atoms with Crippen LogP contribution in [0.2, 0.25) is 0 Å². The average molecular weight is 142 g/mol. The van der Waals surface area contributed by atoms with Crippen LogP contribution in [0.5, 0.6) is 0 Å². The van der Waals surface area contributed by atoms with Crippen molar-refractivity contribution in [2.24, 2.45) is 5.73 Å². The number of rotatable bonds is 0. The lowest BCUT2D eigenvalue weighted by Gasteiger charge is -2.12. The number of carbonyl (C=O) groups is 2. The van der Waals surface area contributed by atoms with Crippen LogP contribution in [0, 0.1) is 0 Å². The molecule has 1 heterocycles. The lowest BCUT2D eigenvalue weighted by molar-refractivity contribution is -0.131. The Morgan fingerprint density at radius 1 is 1.60 bits per heavy atom. The van der Waals surface area contributed by atoms with E-state index in [1.807, 2.05) is 5.32 Å². The molecular weight excluding hydrogens is 136 g/mol. The van der Waals surface area contributed by atoms with Crippen molar-refractivity contribution in [3.05, 3.63) is 11.8 Å². The highest BCUT2D eigenvalue weighted by molar-refractivity contribution is 6.08. The van der Waals surface area contributed by atoms with E-state index in [0.717, 1.165) is 6.08 Å². The third-order valence-electron chi connectivity index (χ3n) is 1.11. The molecule has 5 nitrogen and oxygen atoms in total. The van der Waals surface area contributed by atoms with Gasteiger partial charge in [-0.15, -0.1) is 0 Å². The van der Waals surface area contributed by atoms with E-state index in [1.165, 1.54) is 0 Å². The first-order chi connectivity index (χ1) is 4.61. The van der Waals surface area contributed by atoms with E-state index in [4.69, 9.17) is 10.8 Å². The third-order valence-corrected chi connectivity index (χ3v) is 1.11. The Morgan fingerprint density at radius 2 is 2.20 bits per heavy atom. The second kappa shape index (κ2) is 2.11. The molecule has 0 spiro atoms. The van der Waals surface area contributed by atoms with Gasteiger partial charge in [0, 0.05) is 0 Å². The average Bonchev–Trinajstić information content (AvgIpc) is 1.84. The molecule has 0 aromatic rings. The summed E-state index contributed by atoms with van der Waals surface area (Å²) in [4.78, 5) is 21.0. The highest BCUT2D eigenvalue weighted by Crippen LogP contribution is 1.97. The van der Waals surface area contributed by atoms with Gasteiger partial charge in [-0.3, -0.25) is 14.9 Å². The number of nitrogens with one attached hydrogen (secondary N) is 1. The summed E-state index contributed by atoms with van der Waals surface area (Å²) in [5.74, 6) is -1.90. The maximum atomic E-state index is 10.5. The summed E-state index contributed by atoms with van der Waals surface area (Å²) in [5, 5.41) is 10.5. The van der Waals surface area contributed by atoms with Crippen LogP contribution in [0.1, 0.15) is 0 Å². The SMILES string of the molecule is NC1C=C(O)C(=O)NC1=O. The molecular formula is C5H6N2O3. The molecule has 5 heteroatoms. The monoisotopic (exact) mass is 142 g/mol. The number of nitrogens with two attached hydrogens (primary N) is 1. The smallest absolute Gasteiger partial charge is 0.292 e. The van der Waals surface area contributed by atoms with E-state index < -0.39 is 23.6 Å². The molecule has 0 aromatic carbocycles. The van der Waals surface area contributed by atoms with Crippen LogP contribution in [0.3, 0.4) is 0 Å². The number of imide groups is 1. The van der Waals surface area contributed by atoms with E-state index in [9.17, 15) is 9.59 Å². The molecule has 1 aliphatic rings. The Kier molecular flexibility index (Phi) is 1.42. The first-order valence-electron chi connectivity index (χ1n) is 2.63. The summed E-state index contributed by atoms with van der Waals surface area (Å²) in [6.07, 6.45) is 1.00. The molecule has 0 aliphatic carbocycles. The minimum absolute atomic E-state index is 0.507. The molecule has 0 aromatic heterocycles. The fraction of sp³-hybridized carbons (Fsp3) is 0.200. The van der Waals surface area contributed by atoms with Crippen LogP contribution in [0.4, 0.5) is 0 Å². The molecule has 0 radical (unpaired) electrons. The summed E-state index contributed by atoms with van der Waals surface area (Å²) in [6.45, 7) is 0. The second-order valence-corrected chi connectivity index (χ2v) is 1.90. The van der Waals surface area contributed by atoms with Gasteiger partial charge in [-0.1, -0.05) is 0 Å². The topological polar surface area (TPSA) is 92.4 Å². The number of hydrogen-bond donors (Lipinski definition) is 3. The molecule has 1 unspecified atom stereocenters. The zero-order valence-electron chi connectivity index (χ0n) is 5.00. The number of carbonyl (C=O) groups excluding carboxylic acids is 2. The lowest BCUT2D eigenvalue weighted by Crippen LogP contribution is -2.47. The van der Waals surface area contributed by atoms with Gasteiger partial charge in [-0.25, -0.2) is 0 Å². The molecule has 1 atom stereocenters. The van der Waals surface area contributed by atoms with Gasteiger partial charge in [0.15, 0.2) is 5.76 Å². The first-order valence-corrected chi connectivity index (χ1v) is 2.63. The molecule has 0 fully saturated rings. The number of hydrogen-bond acceptors (Lipinski definition) is 4. The summed E-state index contributed by atoms with van der Waals surface area (Å²) < 4.78 is 0. The van der Waals surface area contributed by atoms with E-state index in [0.29, 0.717) is 0 Å². The molecule has 2 amide bonds. The van der Waals surface area contributed by atoms with Crippen molar-refractivity contribution in [2.75, 3.05) is 0 Å². The molecule has 54 valence electrons. The highest BCUT2D eigenvalue weighted by Gasteiger charge is 2.23. The van der Waals surface area contributed by atoms with Gasteiger partial charge >= 0.3 is 0 Å². The minimum Gasteiger partial charge on any atom is -0.503 e. The van der Waals surface area contributed by atoms with E-state index in [-0.39, 0.29) is 0 Å². The van der Waals surface area contributed by atoms with Gasteiger partial charge < -0.3 is 10.8 Å². The largest absolute Gasteiger partial charge is 0.503 e. The quantitative estimate of drug-likeness (QED) is 0.355. The van der Waals surface area contributed by atoms with Crippen molar-refractivity contribution < 1.29 is 14.7 Å². The Labute approximate surface area is 56.5 Å². The Bertz CT molecular complexity index is 221. The first kappa shape index (κ1) is 6.76. The van der Waals surface area contributed by atoms with Crippen LogP contribution < -0.4 is 11.1 Å². The van der Waals surface area contributed by atoms with Crippen LogP contribution in [0.25, 0.3) is 0 Å². The molecule has 4 N–H and O–H groups in total. The molecule has 0 bridgehead atoms. The highest BCUT2D eigenvalue weighted by atomic mass is 16.3. The summed E-state index contributed by atoms with van der Waals surface area (Å²) in [7, 11) is 0. The Morgan fingerprint density at radius 3 is 2.70 bits per heavy atom. The molecule has 0 saturated carbocycles. The molecule has 10 heavy (non-hydrogen) atoms. The van der Waals surface area contributed by atoms with Gasteiger partial charge in [0.1, 0.15) is 6.04 Å². The van der Waals surface area contributed by atoms with Gasteiger partial charge in [0.25, 0.3) is 5.91 Å². The predicted molar refractivity (Wildman–Crippen MR) is 31.8 cm³/mol. The summed E-state index contributed by atoms with van der Waals surface area (Å²) in [5.41, 5.74) is 5.13. The maximum absolute atomic E-state index is 10.5. The van der Waals surface area contributed by atoms with Crippen molar-refractivity contribution in [2.45, 2.75) is 6.04 Å². The normalized spacial score (nSPS) is 25.7. The minimum atomic E-state index is -0.919.